The lowest BCUT2D eigenvalue weighted by molar-refractivity contribution is -0.0246. The molecule has 0 bridgehead atoms. The monoisotopic (exact) mass is 428 g/mol. The van der Waals surface area contributed by atoms with Gasteiger partial charge < -0.3 is 14.6 Å². The van der Waals surface area contributed by atoms with Gasteiger partial charge in [-0.2, -0.15) is 0 Å². The van der Waals surface area contributed by atoms with Crippen LogP contribution in [0.5, 0.6) is 11.5 Å². The number of ether oxygens (including phenoxy) is 2. The highest BCUT2D eigenvalue weighted by molar-refractivity contribution is 5.56. The molecule has 1 unspecified atom stereocenters. The van der Waals surface area contributed by atoms with Crippen LogP contribution in [0.1, 0.15) is 90.9 Å². The first kappa shape index (κ1) is 25.1. The van der Waals surface area contributed by atoms with Crippen LogP contribution < -0.4 is 9.47 Å². The van der Waals surface area contributed by atoms with E-state index in [0.717, 1.165) is 24.8 Å². The van der Waals surface area contributed by atoms with Gasteiger partial charge in [-0.15, -0.1) is 0 Å². The fourth-order valence-corrected chi connectivity index (χ4v) is 3.43. The number of nitrogens with zero attached hydrogens (tertiary/aromatic N) is 2. The molecule has 0 aliphatic rings. The van der Waals surface area contributed by atoms with Gasteiger partial charge in [0.15, 0.2) is 17.9 Å². The molecule has 0 aliphatic heterocycles. The van der Waals surface area contributed by atoms with Crippen LogP contribution in [0.3, 0.4) is 0 Å². The average molecular weight is 429 g/mol. The zero-order valence-electron chi connectivity index (χ0n) is 19.4. The third-order valence-electron chi connectivity index (χ3n) is 5.33. The molecule has 1 aromatic carbocycles. The van der Waals surface area contributed by atoms with Gasteiger partial charge in [-0.1, -0.05) is 71.6 Å². The Kier molecular flexibility index (Phi) is 12.7. The third kappa shape index (κ3) is 10.6. The van der Waals surface area contributed by atoms with E-state index < -0.39 is 6.29 Å². The van der Waals surface area contributed by atoms with Gasteiger partial charge in [-0.05, 0) is 37.1 Å². The zero-order valence-corrected chi connectivity index (χ0v) is 19.4. The van der Waals surface area contributed by atoms with E-state index in [-0.39, 0.29) is 0 Å². The van der Waals surface area contributed by atoms with Crippen LogP contribution in [0.15, 0.2) is 36.7 Å². The van der Waals surface area contributed by atoms with Crippen molar-refractivity contribution in [3.8, 4) is 22.9 Å². The SMILES string of the molecule is CCCCCCCCOc1cnc(-c2ccc(OC(O)CCCCCCC)cc2)nc1. The molecule has 31 heavy (non-hydrogen) atoms. The maximum atomic E-state index is 10.1. The molecule has 0 saturated carbocycles. The van der Waals surface area contributed by atoms with E-state index in [0.29, 0.717) is 30.4 Å². The smallest absolute Gasteiger partial charge is 0.197 e. The highest BCUT2D eigenvalue weighted by Gasteiger charge is 2.07. The van der Waals surface area contributed by atoms with Gasteiger partial charge in [0.2, 0.25) is 0 Å². The van der Waals surface area contributed by atoms with Gasteiger partial charge in [0.05, 0.1) is 19.0 Å². The Labute approximate surface area is 188 Å². The fourth-order valence-electron chi connectivity index (χ4n) is 3.43. The van der Waals surface area contributed by atoms with Crippen molar-refractivity contribution in [1.29, 1.82) is 0 Å². The van der Waals surface area contributed by atoms with E-state index in [2.05, 4.69) is 23.8 Å². The number of aliphatic hydroxyl groups is 1. The van der Waals surface area contributed by atoms with E-state index in [1.165, 1.54) is 51.4 Å². The summed E-state index contributed by atoms with van der Waals surface area (Å²) in [5.74, 6) is 2.01. The first-order valence-electron chi connectivity index (χ1n) is 12.1. The van der Waals surface area contributed by atoms with Gasteiger partial charge in [-0.25, -0.2) is 9.97 Å². The molecule has 1 N–H and O–H groups in total. The summed E-state index contributed by atoms with van der Waals surface area (Å²) in [6.07, 6.45) is 16.7. The Balaban J connectivity index is 1.70. The van der Waals surface area contributed by atoms with Crippen LogP contribution in [0.25, 0.3) is 11.4 Å². The average Bonchev–Trinajstić information content (AvgIpc) is 2.79. The summed E-state index contributed by atoms with van der Waals surface area (Å²) in [5, 5.41) is 10.1. The highest BCUT2D eigenvalue weighted by atomic mass is 16.6. The maximum Gasteiger partial charge on any atom is 0.197 e. The number of aliphatic hydroxyl groups excluding tert-OH is 1. The molecule has 172 valence electrons. The van der Waals surface area contributed by atoms with Crippen LogP contribution in [-0.4, -0.2) is 28.0 Å². The third-order valence-corrected chi connectivity index (χ3v) is 5.33. The van der Waals surface area contributed by atoms with Gasteiger partial charge in [0, 0.05) is 12.0 Å². The van der Waals surface area contributed by atoms with E-state index >= 15 is 0 Å². The lowest BCUT2D eigenvalue weighted by Gasteiger charge is -2.13. The molecule has 2 rings (SSSR count). The van der Waals surface area contributed by atoms with Crippen molar-refractivity contribution in [1.82, 2.24) is 9.97 Å². The highest BCUT2D eigenvalue weighted by Crippen LogP contribution is 2.22. The number of rotatable bonds is 17. The van der Waals surface area contributed by atoms with E-state index in [1.54, 1.807) is 12.4 Å². The number of unbranched alkanes of at least 4 members (excludes halogenated alkanes) is 9. The fraction of sp³-hybridized carbons (Fsp3) is 0.615. The Hall–Kier alpha value is -2.14. The standard InChI is InChI=1S/C26H40N2O3/c1-3-5-7-9-11-13-19-30-24-20-27-26(28-21-24)22-15-17-23(18-16-22)31-25(29)14-12-10-8-6-4-2/h15-18,20-21,25,29H,3-14,19H2,1-2H3. The minimum absolute atomic E-state index is 0.648. The Morgan fingerprint density at radius 3 is 1.97 bits per heavy atom. The Morgan fingerprint density at radius 1 is 0.742 bits per heavy atom. The molecule has 0 saturated heterocycles. The van der Waals surface area contributed by atoms with Crippen molar-refractivity contribution >= 4 is 0 Å². The molecule has 1 heterocycles. The number of aromatic nitrogens is 2. The van der Waals surface area contributed by atoms with E-state index in [4.69, 9.17) is 9.47 Å². The van der Waals surface area contributed by atoms with Gasteiger partial charge in [-0.3, -0.25) is 0 Å². The van der Waals surface area contributed by atoms with E-state index in [9.17, 15) is 5.11 Å². The Morgan fingerprint density at radius 2 is 1.32 bits per heavy atom. The molecule has 0 aliphatic carbocycles. The van der Waals surface area contributed by atoms with Crippen molar-refractivity contribution in [3.05, 3.63) is 36.7 Å². The maximum absolute atomic E-state index is 10.1. The van der Waals surface area contributed by atoms with Crippen LogP contribution in [0, 0.1) is 0 Å². The lowest BCUT2D eigenvalue weighted by Crippen LogP contribution is -2.15. The topological polar surface area (TPSA) is 64.5 Å². The van der Waals surface area contributed by atoms with Crippen molar-refractivity contribution in [2.24, 2.45) is 0 Å². The predicted octanol–water partition coefficient (Wildman–Crippen LogP) is 6.94. The number of benzene rings is 1. The largest absolute Gasteiger partial charge is 0.490 e. The molecule has 0 amide bonds. The predicted molar refractivity (Wildman–Crippen MR) is 126 cm³/mol. The summed E-state index contributed by atoms with van der Waals surface area (Å²) >= 11 is 0. The first-order chi connectivity index (χ1) is 15.2. The molecule has 0 spiro atoms. The van der Waals surface area contributed by atoms with Gasteiger partial charge in [0.1, 0.15) is 5.75 Å². The molecule has 2 aromatic rings. The molecule has 0 fully saturated rings. The molecule has 1 aromatic heterocycles. The zero-order chi connectivity index (χ0) is 22.2. The van der Waals surface area contributed by atoms with Crippen molar-refractivity contribution < 1.29 is 14.6 Å². The minimum atomic E-state index is -0.758. The normalized spacial score (nSPS) is 12.0. The molecule has 1 atom stereocenters. The van der Waals surface area contributed by atoms with Crippen LogP contribution in [0.2, 0.25) is 0 Å². The molecule has 5 heteroatoms. The quantitative estimate of drug-likeness (QED) is 0.218. The number of hydrogen-bond acceptors (Lipinski definition) is 5. The molecular weight excluding hydrogens is 388 g/mol. The van der Waals surface area contributed by atoms with Crippen molar-refractivity contribution in [3.63, 3.8) is 0 Å². The lowest BCUT2D eigenvalue weighted by atomic mass is 10.1. The Bertz CT molecular complexity index is 689. The summed E-state index contributed by atoms with van der Waals surface area (Å²) in [6, 6.07) is 7.52. The van der Waals surface area contributed by atoms with Crippen LogP contribution >= 0.6 is 0 Å². The summed E-state index contributed by atoms with van der Waals surface area (Å²) in [5.41, 5.74) is 0.906. The molecule has 0 radical (unpaired) electrons. The van der Waals surface area contributed by atoms with E-state index in [1.807, 2.05) is 24.3 Å². The minimum Gasteiger partial charge on any atom is -0.490 e. The van der Waals surface area contributed by atoms with Crippen LogP contribution in [-0.2, 0) is 0 Å². The first-order valence-corrected chi connectivity index (χ1v) is 12.1. The summed E-state index contributed by atoms with van der Waals surface area (Å²) in [7, 11) is 0. The summed E-state index contributed by atoms with van der Waals surface area (Å²) < 4.78 is 11.4. The van der Waals surface area contributed by atoms with Crippen molar-refractivity contribution in [2.75, 3.05) is 6.61 Å². The second-order valence-corrected chi connectivity index (χ2v) is 8.16. The second kappa shape index (κ2) is 15.6. The summed E-state index contributed by atoms with van der Waals surface area (Å²) in [6.45, 7) is 5.14. The summed E-state index contributed by atoms with van der Waals surface area (Å²) in [4.78, 5) is 8.84. The van der Waals surface area contributed by atoms with Gasteiger partial charge >= 0.3 is 0 Å². The molecule has 5 nitrogen and oxygen atoms in total. The van der Waals surface area contributed by atoms with Crippen molar-refractivity contribution in [2.45, 2.75) is 97.2 Å². The number of hydrogen-bond donors (Lipinski definition) is 1. The van der Waals surface area contributed by atoms with Gasteiger partial charge in [0.25, 0.3) is 0 Å². The van der Waals surface area contributed by atoms with Crippen LogP contribution in [0.4, 0.5) is 0 Å². The second-order valence-electron chi connectivity index (χ2n) is 8.16. The molecular formula is C26H40N2O3.